The van der Waals surface area contributed by atoms with E-state index in [1.165, 1.54) is 18.4 Å². The monoisotopic (exact) mass is 270 g/mol. The van der Waals surface area contributed by atoms with Crippen LogP contribution in [0.1, 0.15) is 25.3 Å². The van der Waals surface area contributed by atoms with Gasteiger partial charge in [-0.05, 0) is 42.7 Å². The van der Waals surface area contributed by atoms with Crippen LogP contribution in [0.4, 0.5) is 17.1 Å². The molecule has 0 heterocycles. The number of hydrogen-bond donors (Lipinski definition) is 2. The first-order chi connectivity index (χ1) is 9.72. The Balaban J connectivity index is 2.09. The van der Waals surface area contributed by atoms with Crippen LogP contribution < -0.4 is 15.8 Å². The molecule has 0 spiro atoms. The van der Waals surface area contributed by atoms with Crippen LogP contribution in [0.25, 0.3) is 0 Å². The van der Waals surface area contributed by atoms with Gasteiger partial charge in [-0.2, -0.15) is 0 Å². The minimum absolute atomic E-state index is 0.709. The molecular weight excluding hydrogens is 248 g/mol. The molecule has 20 heavy (non-hydrogen) atoms. The van der Waals surface area contributed by atoms with Crippen molar-refractivity contribution in [2.45, 2.75) is 26.2 Å². The third kappa shape index (κ3) is 3.67. The zero-order valence-electron chi connectivity index (χ0n) is 12.1. The molecule has 106 valence electrons. The molecule has 0 aliphatic carbocycles. The molecule has 2 aromatic carbocycles. The lowest BCUT2D eigenvalue weighted by Gasteiger charge is -2.11. The summed E-state index contributed by atoms with van der Waals surface area (Å²) in [6, 6.07) is 14.1. The zero-order chi connectivity index (χ0) is 14.4. The summed E-state index contributed by atoms with van der Waals surface area (Å²) in [6.45, 7) is 2.21. The van der Waals surface area contributed by atoms with Crippen LogP contribution in [0.2, 0.25) is 0 Å². The predicted octanol–water partition coefficient (Wildman–Crippen LogP) is 4.36. The smallest absolute Gasteiger partial charge is 0.121 e. The second kappa shape index (κ2) is 6.85. The molecule has 0 aromatic heterocycles. The standard InChI is InChI=1S/C17H22N2O/c1-3-4-5-13-6-8-14(9-7-13)19-17-12-15(20-2)10-11-16(17)18/h6-12,19H,3-5,18H2,1-2H3. The summed E-state index contributed by atoms with van der Waals surface area (Å²) in [5.41, 5.74) is 9.95. The number of benzene rings is 2. The normalized spacial score (nSPS) is 10.3. The maximum absolute atomic E-state index is 5.97. The van der Waals surface area contributed by atoms with E-state index in [1.54, 1.807) is 7.11 Å². The van der Waals surface area contributed by atoms with Gasteiger partial charge in [0.15, 0.2) is 0 Å². The molecule has 0 fully saturated rings. The molecule has 3 N–H and O–H groups in total. The van der Waals surface area contributed by atoms with Gasteiger partial charge in [-0.3, -0.25) is 0 Å². The van der Waals surface area contributed by atoms with Crippen molar-refractivity contribution < 1.29 is 4.74 Å². The quantitative estimate of drug-likeness (QED) is 0.766. The molecule has 0 atom stereocenters. The van der Waals surface area contributed by atoms with E-state index in [2.05, 4.69) is 36.5 Å². The molecule has 0 unspecified atom stereocenters. The van der Waals surface area contributed by atoms with E-state index in [-0.39, 0.29) is 0 Å². The van der Waals surface area contributed by atoms with Crippen molar-refractivity contribution in [1.29, 1.82) is 0 Å². The molecule has 0 radical (unpaired) electrons. The highest BCUT2D eigenvalue weighted by Crippen LogP contribution is 2.27. The van der Waals surface area contributed by atoms with Crippen LogP contribution >= 0.6 is 0 Å². The molecule has 0 saturated heterocycles. The third-order valence-corrected chi connectivity index (χ3v) is 3.31. The van der Waals surface area contributed by atoms with E-state index in [9.17, 15) is 0 Å². The summed E-state index contributed by atoms with van der Waals surface area (Å²) in [4.78, 5) is 0. The van der Waals surface area contributed by atoms with E-state index < -0.39 is 0 Å². The van der Waals surface area contributed by atoms with Gasteiger partial charge in [0.1, 0.15) is 5.75 Å². The SMILES string of the molecule is CCCCc1ccc(Nc2cc(OC)ccc2N)cc1. The average molecular weight is 270 g/mol. The highest BCUT2D eigenvalue weighted by Gasteiger charge is 2.02. The second-order valence-corrected chi connectivity index (χ2v) is 4.88. The number of hydrogen-bond acceptors (Lipinski definition) is 3. The van der Waals surface area contributed by atoms with E-state index in [0.717, 1.165) is 23.5 Å². The molecule has 0 aliphatic rings. The molecular formula is C17H22N2O. The van der Waals surface area contributed by atoms with Crippen molar-refractivity contribution >= 4 is 17.1 Å². The number of ether oxygens (including phenoxy) is 1. The van der Waals surface area contributed by atoms with Gasteiger partial charge in [-0.25, -0.2) is 0 Å². The lowest BCUT2D eigenvalue weighted by Crippen LogP contribution is -1.97. The topological polar surface area (TPSA) is 47.3 Å². The molecule has 3 nitrogen and oxygen atoms in total. The Bertz CT molecular complexity index is 549. The fraction of sp³-hybridized carbons (Fsp3) is 0.294. The largest absolute Gasteiger partial charge is 0.497 e. The Morgan fingerprint density at radius 2 is 1.85 bits per heavy atom. The number of anilines is 3. The van der Waals surface area contributed by atoms with Gasteiger partial charge in [0.05, 0.1) is 18.5 Å². The summed E-state index contributed by atoms with van der Waals surface area (Å²) in [7, 11) is 1.65. The van der Waals surface area contributed by atoms with Gasteiger partial charge >= 0.3 is 0 Å². The number of aryl methyl sites for hydroxylation is 1. The number of rotatable bonds is 6. The van der Waals surface area contributed by atoms with Gasteiger partial charge < -0.3 is 15.8 Å². The first kappa shape index (κ1) is 14.3. The Morgan fingerprint density at radius 3 is 2.50 bits per heavy atom. The average Bonchev–Trinajstić information content (AvgIpc) is 2.49. The maximum atomic E-state index is 5.97. The fourth-order valence-corrected chi connectivity index (χ4v) is 2.06. The van der Waals surface area contributed by atoms with Crippen molar-refractivity contribution in [3.63, 3.8) is 0 Å². The van der Waals surface area contributed by atoms with Crippen molar-refractivity contribution in [1.82, 2.24) is 0 Å². The number of nitrogens with one attached hydrogen (secondary N) is 1. The van der Waals surface area contributed by atoms with E-state index in [0.29, 0.717) is 5.69 Å². The van der Waals surface area contributed by atoms with Crippen molar-refractivity contribution in [2.75, 3.05) is 18.2 Å². The van der Waals surface area contributed by atoms with Gasteiger partial charge in [0.25, 0.3) is 0 Å². The number of nitrogen functional groups attached to an aromatic ring is 1. The molecule has 3 heteroatoms. The van der Waals surface area contributed by atoms with Gasteiger partial charge in [0, 0.05) is 11.8 Å². The van der Waals surface area contributed by atoms with E-state index in [4.69, 9.17) is 10.5 Å². The predicted molar refractivity (Wildman–Crippen MR) is 85.7 cm³/mol. The van der Waals surface area contributed by atoms with Crippen LogP contribution in [0.5, 0.6) is 5.75 Å². The number of nitrogens with two attached hydrogens (primary N) is 1. The fourth-order valence-electron chi connectivity index (χ4n) is 2.06. The first-order valence-electron chi connectivity index (χ1n) is 7.02. The van der Waals surface area contributed by atoms with E-state index in [1.807, 2.05) is 18.2 Å². The molecule has 0 aliphatic heterocycles. The van der Waals surface area contributed by atoms with Gasteiger partial charge in [0.2, 0.25) is 0 Å². The van der Waals surface area contributed by atoms with Crippen LogP contribution in [-0.4, -0.2) is 7.11 Å². The van der Waals surface area contributed by atoms with Crippen LogP contribution in [-0.2, 0) is 6.42 Å². The minimum Gasteiger partial charge on any atom is -0.497 e. The number of methoxy groups -OCH3 is 1. The molecule has 2 aromatic rings. The van der Waals surface area contributed by atoms with Gasteiger partial charge in [-0.15, -0.1) is 0 Å². The zero-order valence-corrected chi connectivity index (χ0v) is 12.1. The molecule has 0 saturated carbocycles. The second-order valence-electron chi connectivity index (χ2n) is 4.88. The summed E-state index contributed by atoms with van der Waals surface area (Å²) in [6.07, 6.45) is 3.59. The minimum atomic E-state index is 0.709. The molecule has 0 amide bonds. The lowest BCUT2D eigenvalue weighted by molar-refractivity contribution is 0.415. The van der Waals surface area contributed by atoms with Crippen molar-refractivity contribution in [3.05, 3.63) is 48.0 Å². The Labute approximate surface area is 120 Å². The Morgan fingerprint density at radius 1 is 1.10 bits per heavy atom. The van der Waals surface area contributed by atoms with Crippen LogP contribution in [0.3, 0.4) is 0 Å². The maximum Gasteiger partial charge on any atom is 0.121 e. The molecule has 2 rings (SSSR count). The first-order valence-corrected chi connectivity index (χ1v) is 7.02. The number of unbranched alkanes of at least 4 members (excludes halogenated alkanes) is 1. The van der Waals surface area contributed by atoms with Crippen molar-refractivity contribution in [3.8, 4) is 5.75 Å². The highest BCUT2D eigenvalue weighted by molar-refractivity contribution is 5.74. The highest BCUT2D eigenvalue weighted by atomic mass is 16.5. The van der Waals surface area contributed by atoms with Crippen LogP contribution in [0.15, 0.2) is 42.5 Å². The Kier molecular flexibility index (Phi) is 4.88. The molecule has 0 bridgehead atoms. The summed E-state index contributed by atoms with van der Waals surface area (Å²) in [5, 5.41) is 3.33. The third-order valence-electron chi connectivity index (χ3n) is 3.31. The summed E-state index contributed by atoms with van der Waals surface area (Å²) >= 11 is 0. The Hall–Kier alpha value is -2.16. The van der Waals surface area contributed by atoms with Crippen molar-refractivity contribution in [2.24, 2.45) is 0 Å². The van der Waals surface area contributed by atoms with Crippen LogP contribution in [0, 0.1) is 0 Å². The van der Waals surface area contributed by atoms with E-state index >= 15 is 0 Å². The lowest BCUT2D eigenvalue weighted by atomic mass is 10.1. The van der Waals surface area contributed by atoms with Gasteiger partial charge in [-0.1, -0.05) is 25.5 Å². The summed E-state index contributed by atoms with van der Waals surface area (Å²) < 4.78 is 5.22. The summed E-state index contributed by atoms with van der Waals surface area (Å²) in [5.74, 6) is 0.793.